The van der Waals surface area contributed by atoms with Gasteiger partial charge in [0.2, 0.25) is 5.91 Å². The maximum Gasteiger partial charge on any atom is 0.235 e. The zero-order valence-corrected chi connectivity index (χ0v) is 15.9. The monoisotopic (exact) mass is 367 g/mol. The Morgan fingerprint density at radius 2 is 2.17 bits per heavy atom. The van der Waals surface area contributed by atoms with Crippen LogP contribution in [-0.4, -0.2) is 54.1 Å². The van der Waals surface area contributed by atoms with Crippen LogP contribution in [-0.2, 0) is 14.6 Å². The number of aromatic nitrogens is 1. The van der Waals surface area contributed by atoms with Gasteiger partial charge in [-0.15, -0.1) is 0 Å². The van der Waals surface area contributed by atoms with Gasteiger partial charge in [-0.3, -0.25) is 4.79 Å². The molecule has 0 radical (unpaired) electrons. The minimum Gasteiger partial charge on any atom is -0.341 e. The van der Waals surface area contributed by atoms with Crippen molar-refractivity contribution in [2.45, 2.75) is 43.5 Å². The highest BCUT2D eigenvalue weighted by atomic mass is 32.2. The number of hydrogen-bond donors (Lipinski definition) is 0. The van der Waals surface area contributed by atoms with Crippen molar-refractivity contribution in [3.8, 4) is 6.07 Å². The Bertz CT molecular complexity index is 800. The first-order valence-electron chi connectivity index (χ1n) is 7.66. The third-order valence-electron chi connectivity index (χ3n) is 4.16. The predicted octanol–water partition coefficient (Wildman–Crippen LogP) is 1.70. The van der Waals surface area contributed by atoms with E-state index in [1.807, 2.05) is 19.9 Å². The van der Waals surface area contributed by atoms with Crippen molar-refractivity contribution < 1.29 is 13.2 Å². The highest BCUT2D eigenvalue weighted by molar-refractivity contribution is 8.00. The fourth-order valence-corrected chi connectivity index (χ4v) is 5.69. The van der Waals surface area contributed by atoms with Crippen molar-refractivity contribution in [3.63, 3.8) is 0 Å². The number of nitrogens with zero attached hydrogens (tertiary/aromatic N) is 3. The van der Waals surface area contributed by atoms with Crippen LogP contribution < -0.4 is 0 Å². The summed E-state index contributed by atoms with van der Waals surface area (Å²) in [4.78, 5) is 18.5. The summed E-state index contributed by atoms with van der Waals surface area (Å²) in [6.45, 7) is 5.45. The van der Waals surface area contributed by atoms with E-state index in [2.05, 4.69) is 11.1 Å². The highest BCUT2D eigenvalue weighted by Crippen LogP contribution is 2.29. The molecule has 2 rings (SSSR count). The fourth-order valence-electron chi connectivity index (χ4n) is 2.79. The summed E-state index contributed by atoms with van der Waals surface area (Å²) in [5, 5.41) is 9.42. The van der Waals surface area contributed by atoms with Gasteiger partial charge in [0.1, 0.15) is 11.1 Å². The topological polar surface area (TPSA) is 91.1 Å². The summed E-state index contributed by atoms with van der Waals surface area (Å²) in [6, 6.07) is 3.71. The summed E-state index contributed by atoms with van der Waals surface area (Å²) in [7, 11) is -1.39. The van der Waals surface area contributed by atoms with E-state index in [0.29, 0.717) is 17.0 Å². The molecule has 2 heterocycles. The molecule has 0 spiro atoms. The van der Waals surface area contributed by atoms with Crippen LogP contribution in [0.5, 0.6) is 0 Å². The highest BCUT2D eigenvalue weighted by Gasteiger charge is 2.34. The summed E-state index contributed by atoms with van der Waals surface area (Å²) in [5.41, 5.74) is 2.11. The number of rotatable bonds is 4. The molecule has 0 aliphatic carbocycles. The van der Waals surface area contributed by atoms with Crippen LogP contribution in [0.15, 0.2) is 11.1 Å². The number of amides is 1. The molecule has 1 aromatic rings. The second-order valence-electron chi connectivity index (χ2n) is 6.14. The van der Waals surface area contributed by atoms with Crippen molar-refractivity contribution in [1.29, 1.82) is 5.26 Å². The van der Waals surface area contributed by atoms with E-state index in [0.717, 1.165) is 11.3 Å². The third kappa shape index (κ3) is 4.08. The average Bonchev–Trinajstić information content (AvgIpc) is 2.85. The van der Waals surface area contributed by atoms with Crippen molar-refractivity contribution in [2.24, 2.45) is 0 Å². The van der Waals surface area contributed by atoms with Crippen LogP contribution in [0.3, 0.4) is 0 Å². The molecule has 24 heavy (non-hydrogen) atoms. The molecule has 2 atom stereocenters. The number of hydrogen-bond acceptors (Lipinski definition) is 6. The van der Waals surface area contributed by atoms with Crippen LogP contribution in [0.25, 0.3) is 0 Å². The van der Waals surface area contributed by atoms with Gasteiger partial charge in [-0.05, 0) is 38.8 Å². The molecule has 1 aliphatic rings. The van der Waals surface area contributed by atoms with Gasteiger partial charge in [0.15, 0.2) is 9.84 Å². The lowest BCUT2D eigenvalue weighted by molar-refractivity contribution is -0.130. The van der Waals surface area contributed by atoms with E-state index in [1.165, 1.54) is 16.7 Å². The normalized spacial score (nSPS) is 20.4. The molecule has 2 unspecified atom stereocenters. The number of carbonyl (C=O) groups is 1. The van der Waals surface area contributed by atoms with Crippen molar-refractivity contribution in [1.82, 2.24) is 9.88 Å². The van der Waals surface area contributed by atoms with Crippen LogP contribution in [0.1, 0.15) is 30.2 Å². The zero-order chi connectivity index (χ0) is 18.1. The van der Waals surface area contributed by atoms with Gasteiger partial charge in [0.05, 0.1) is 22.3 Å². The lowest BCUT2D eigenvalue weighted by Crippen LogP contribution is -2.41. The van der Waals surface area contributed by atoms with E-state index in [1.54, 1.807) is 14.0 Å². The molecule has 0 bridgehead atoms. The lowest BCUT2D eigenvalue weighted by Gasteiger charge is -2.26. The number of aryl methyl sites for hydroxylation is 2. The molecule has 0 saturated carbocycles. The van der Waals surface area contributed by atoms with Gasteiger partial charge >= 0.3 is 0 Å². The van der Waals surface area contributed by atoms with Gasteiger partial charge in [0.25, 0.3) is 0 Å². The minimum atomic E-state index is -3.04. The van der Waals surface area contributed by atoms with Gasteiger partial charge < -0.3 is 4.90 Å². The maximum atomic E-state index is 12.6. The molecular weight excluding hydrogens is 346 g/mol. The summed E-state index contributed by atoms with van der Waals surface area (Å²) in [5.74, 6) is 0.0123. The fraction of sp³-hybridized carbons (Fsp3) is 0.562. The molecule has 1 saturated heterocycles. The van der Waals surface area contributed by atoms with Crippen molar-refractivity contribution in [3.05, 3.63) is 22.9 Å². The van der Waals surface area contributed by atoms with E-state index >= 15 is 0 Å². The smallest absolute Gasteiger partial charge is 0.235 e. The first-order valence-corrected chi connectivity index (χ1v) is 10.4. The molecule has 1 amide bonds. The lowest BCUT2D eigenvalue weighted by atomic mass is 10.1. The second-order valence-corrected chi connectivity index (χ2v) is 9.70. The zero-order valence-electron chi connectivity index (χ0n) is 14.2. The summed E-state index contributed by atoms with van der Waals surface area (Å²) in [6.07, 6.45) is 0.479. The van der Waals surface area contributed by atoms with Gasteiger partial charge in [-0.2, -0.15) is 5.26 Å². The minimum absolute atomic E-state index is 0.0257. The number of sulfone groups is 1. The second kappa shape index (κ2) is 7.11. The van der Waals surface area contributed by atoms with Crippen LogP contribution >= 0.6 is 11.8 Å². The first-order chi connectivity index (χ1) is 11.1. The Balaban J connectivity index is 2.14. The van der Waals surface area contributed by atoms with Gasteiger partial charge in [-0.1, -0.05) is 11.8 Å². The van der Waals surface area contributed by atoms with E-state index in [4.69, 9.17) is 0 Å². The number of carbonyl (C=O) groups excluding carboxylic acids is 1. The molecule has 8 heteroatoms. The Labute approximate surface area is 147 Å². The van der Waals surface area contributed by atoms with Crippen molar-refractivity contribution >= 4 is 27.5 Å². The van der Waals surface area contributed by atoms with Gasteiger partial charge in [-0.25, -0.2) is 13.4 Å². The molecular formula is C16H21N3O3S2. The van der Waals surface area contributed by atoms with E-state index in [9.17, 15) is 18.5 Å². The van der Waals surface area contributed by atoms with Crippen molar-refractivity contribution in [2.75, 3.05) is 18.6 Å². The molecule has 1 fully saturated rings. The maximum absolute atomic E-state index is 12.6. The standard InChI is InChI=1S/C16H21N3O3S2/c1-10-7-11(2)18-15(14(10)8-17)23-12(3)16(20)19(4)13-5-6-24(21,22)9-13/h7,12-13H,5-6,9H2,1-4H3. The summed E-state index contributed by atoms with van der Waals surface area (Å²) >= 11 is 1.24. The number of nitriles is 1. The van der Waals surface area contributed by atoms with Crippen LogP contribution in [0.2, 0.25) is 0 Å². The SMILES string of the molecule is Cc1cc(C)c(C#N)c(SC(C)C(=O)N(C)C2CCS(=O)(=O)C2)n1. The van der Waals surface area contributed by atoms with E-state index < -0.39 is 15.1 Å². The Kier molecular flexibility index (Phi) is 5.56. The quantitative estimate of drug-likeness (QED) is 0.752. The molecule has 1 aliphatic heterocycles. The molecule has 130 valence electrons. The molecule has 0 aromatic carbocycles. The Morgan fingerprint density at radius 1 is 1.50 bits per heavy atom. The number of pyridine rings is 1. The predicted molar refractivity (Wildman–Crippen MR) is 93.6 cm³/mol. The Hall–Kier alpha value is -1.59. The van der Waals surface area contributed by atoms with Crippen LogP contribution in [0, 0.1) is 25.2 Å². The molecule has 1 aromatic heterocycles. The number of thioether (sulfide) groups is 1. The molecule has 0 N–H and O–H groups in total. The van der Waals surface area contributed by atoms with E-state index in [-0.39, 0.29) is 23.5 Å². The summed E-state index contributed by atoms with van der Waals surface area (Å²) < 4.78 is 23.2. The first kappa shape index (κ1) is 18.7. The average molecular weight is 367 g/mol. The Morgan fingerprint density at radius 3 is 2.71 bits per heavy atom. The third-order valence-corrected chi connectivity index (χ3v) is 6.99. The molecule has 6 nitrogen and oxygen atoms in total. The van der Waals surface area contributed by atoms with Crippen LogP contribution in [0.4, 0.5) is 0 Å². The largest absolute Gasteiger partial charge is 0.341 e. The van der Waals surface area contributed by atoms with Gasteiger partial charge in [0, 0.05) is 18.8 Å².